The average Bonchev–Trinajstić information content (AvgIpc) is 2.54. The highest BCUT2D eigenvalue weighted by molar-refractivity contribution is 5.48. The van der Waals surface area contributed by atoms with E-state index >= 15 is 0 Å². The van der Waals surface area contributed by atoms with E-state index in [4.69, 9.17) is 24.7 Å². The molecule has 2 N–H and O–H groups in total. The van der Waals surface area contributed by atoms with E-state index in [1.54, 1.807) is 32.4 Å². The summed E-state index contributed by atoms with van der Waals surface area (Å²) in [5, 5.41) is 0. The van der Waals surface area contributed by atoms with Crippen LogP contribution in [-0.2, 0) is 0 Å². The van der Waals surface area contributed by atoms with Gasteiger partial charge in [0.05, 0.1) is 14.2 Å². The minimum Gasteiger partial charge on any atom is -0.496 e. The topological polar surface area (TPSA) is 62.9 Å². The molecular weight excluding hydrogens is 282 g/mol. The van der Waals surface area contributed by atoms with Gasteiger partial charge in [-0.2, -0.15) is 0 Å². The fourth-order valence-corrected chi connectivity index (χ4v) is 1.95. The molecule has 0 unspecified atom stereocenters. The van der Waals surface area contributed by atoms with E-state index in [9.17, 15) is 0 Å². The summed E-state index contributed by atoms with van der Waals surface area (Å²) >= 11 is 0. The number of nitrogens with two attached hydrogens (primary N) is 1. The Balaban J connectivity index is 1.90. The van der Waals surface area contributed by atoms with Crippen LogP contribution in [0.4, 0.5) is 5.69 Å². The van der Waals surface area contributed by atoms with E-state index < -0.39 is 0 Å². The van der Waals surface area contributed by atoms with Gasteiger partial charge >= 0.3 is 0 Å². The minimum atomic E-state index is 0.407. The smallest absolute Gasteiger partial charge is 0.126 e. The number of rotatable bonds is 7. The molecular formula is C17H21NO4. The number of benzene rings is 2. The van der Waals surface area contributed by atoms with Gasteiger partial charge in [0.1, 0.15) is 36.2 Å². The van der Waals surface area contributed by atoms with Crippen LogP contribution in [0.15, 0.2) is 36.4 Å². The minimum absolute atomic E-state index is 0.407. The van der Waals surface area contributed by atoms with Crippen LogP contribution in [0.2, 0.25) is 0 Å². The van der Waals surface area contributed by atoms with Crippen molar-refractivity contribution in [2.24, 2.45) is 0 Å². The molecule has 2 aromatic carbocycles. The molecule has 0 aliphatic rings. The third kappa shape index (κ3) is 4.22. The number of anilines is 1. The summed E-state index contributed by atoms with van der Waals surface area (Å²) in [6.07, 6.45) is 0. The molecule has 5 nitrogen and oxygen atoms in total. The van der Waals surface area contributed by atoms with Gasteiger partial charge in [0.2, 0.25) is 0 Å². The number of nitrogen functional groups attached to an aromatic ring is 1. The molecule has 0 saturated carbocycles. The Kier molecular flexibility index (Phi) is 5.36. The van der Waals surface area contributed by atoms with Gasteiger partial charge in [-0.15, -0.1) is 0 Å². The van der Waals surface area contributed by atoms with Crippen molar-refractivity contribution in [2.75, 3.05) is 33.2 Å². The summed E-state index contributed by atoms with van der Waals surface area (Å²) in [5.41, 5.74) is 7.47. The summed E-state index contributed by atoms with van der Waals surface area (Å²) in [6, 6.07) is 11.0. The molecule has 0 radical (unpaired) electrons. The fourth-order valence-electron chi connectivity index (χ4n) is 1.95. The first-order valence-electron chi connectivity index (χ1n) is 6.97. The second-order valence-corrected chi connectivity index (χ2v) is 4.77. The Morgan fingerprint density at radius 2 is 1.41 bits per heavy atom. The maximum atomic E-state index is 5.75. The molecule has 0 aliphatic heterocycles. The second kappa shape index (κ2) is 7.45. The van der Waals surface area contributed by atoms with E-state index in [2.05, 4.69) is 0 Å². The molecule has 118 valence electrons. The Bertz CT molecular complexity index is 606. The zero-order valence-electron chi connectivity index (χ0n) is 13.1. The number of aryl methyl sites for hydroxylation is 1. The maximum absolute atomic E-state index is 5.75. The zero-order valence-corrected chi connectivity index (χ0v) is 13.1. The van der Waals surface area contributed by atoms with Crippen LogP contribution in [0.5, 0.6) is 23.0 Å². The van der Waals surface area contributed by atoms with Crippen LogP contribution in [0.25, 0.3) is 0 Å². The fraction of sp³-hybridized carbons (Fsp3) is 0.294. The van der Waals surface area contributed by atoms with Gasteiger partial charge in [-0.3, -0.25) is 0 Å². The molecule has 22 heavy (non-hydrogen) atoms. The zero-order chi connectivity index (χ0) is 15.9. The molecule has 2 aromatic rings. The van der Waals surface area contributed by atoms with Crippen molar-refractivity contribution >= 4 is 5.69 Å². The molecule has 0 heterocycles. The first-order valence-corrected chi connectivity index (χ1v) is 6.97. The molecule has 5 heteroatoms. The van der Waals surface area contributed by atoms with Crippen molar-refractivity contribution in [1.29, 1.82) is 0 Å². The van der Waals surface area contributed by atoms with Gasteiger partial charge in [-0.1, -0.05) is 6.07 Å². The molecule has 0 saturated heterocycles. The van der Waals surface area contributed by atoms with E-state index in [0.717, 1.165) is 11.3 Å². The van der Waals surface area contributed by atoms with Crippen LogP contribution in [0, 0.1) is 6.92 Å². The highest BCUT2D eigenvalue weighted by atomic mass is 16.5. The quantitative estimate of drug-likeness (QED) is 0.629. The Morgan fingerprint density at radius 3 is 2.05 bits per heavy atom. The molecule has 0 fully saturated rings. The molecule has 0 aromatic heterocycles. The highest BCUT2D eigenvalue weighted by Crippen LogP contribution is 2.27. The summed E-state index contributed by atoms with van der Waals surface area (Å²) in [5.74, 6) is 2.81. The van der Waals surface area contributed by atoms with Crippen molar-refractivity contribution in [1.82, 2.24) is 0 Å². The third-order valence-corrected chi connectivity index (χ3v) is 3.15. The van der Waals surface area contributed by atoms with Gasteiger partial charge in [0.15, 0.2) is 0 Å². The molecule has 0 atom stereocenters. The number of hydrogen-bond donors (Lipinski definition) is 1. The SMILES string of the molecule is COc1cc(OC)cc(OCCOc2cc(N)ccc2C)c1. The van der Waals surface area contributed by atoms with E-state index in [-0.39, 0.29) is 0 Å². The lowest BCUT2D eigenvalue weighted by Crippen LogP contribution is -2.10. The van der Waals surface area contributed by atoms with Crippen LogP contribution in [0.1, 0.15) is 5.56 Å². The number of hydrogen-bond acceptors (Lipinski definition) is 5. The summed E-state index contributed by atoms with van der Waals surface area (Å²) in [6.45, 7) is 2.80. The van der Waals surface area contributed by atoms with Crippen LogP contribution < -0.4 is 24.7 Å². The normalized spacial score (nSPS) is 10.1. The van der Waals surface area contributed by atoms with Gasteiger partial charge in [0, 0.05) is 30.0 Å². The first-order chi connectivity index (χ1) is 10.6. The Morgan fingerprint density at radius 1 is 0.818 bits per heavy atom. The van der Waals surface area contributed by atoms with Crippen molar-refractivity contribution < 1.29 is 18.9 Å². The van der Waals surface area contributed by atoms with Crippen LogP contribution in [-0.4, -0.2) is 27.4 Å². The lowest BCUT2D eigenvalue weighted by Gasteiger charge is -2.12. The monoisotopic (exact) mass is 303 g/mol. The number of ether oxygens (including phenoxy) is 4. The molecule has 2 rings (SSSR count). The largest absolute Gasteiger partial charge is 0.496 e. The van der Waals surface area contributed by atoms with Crippen LogP contribution >= 0.6 is 0 Å². The van der Waals surface area contributed by atoms with Crippen LogP contribution in [0.3, 0.4) is 0 Å². The summed E-state index contributed by atoms with van der Waals surface area (Å²) < 4.78 is 21.7. The van der Waals surface area contributed by atoms with Gasteiger partial charge in [0.25, 0.3) is 0 Å². The highest BCUT2D eigenvalue weighted by Gasteiger charge is 2.04. The molecule has 0 bridgehead atoms. The molecule has 0 aliphatic carbocycles. The Hall–Kier alpha value is -2.56. The molecule has 0 spiro atoms. The van der Waals surface area contributed by atoms with Crippen molar-refractivity contribution in [3.63, 3.8) is 0 Å². The first kappa shape index (κ1) is 15.8. The summed E-state index contributed by atoms with van der Waals surface area (Å²) in [4.78, 5) is 0. The predicted molar refractivity (Wildman–Crippen MR) is 86.1 cm³/mol. The Labute approximate surface area is 130 Å². The van der Waals surface area contributed by atoms with Crippen molar-refractivity contribution in [2.45, 2.75) is 6.92 Å². The predicted octanol–water partition coefficient (Wildman–Crippen LogP) is 3.05. The summed E-state index contributed by atoms with van der Waals surface area (Å²) in [7, 11) is 3.20. The lowest BCUT2D eigenvalue weighted by molar-refractivity contribution is 0.215. The average molecular weight is 303 g/mol. The maximum Gasteiger partial charge on any atom is 0.126 e. The van der Waals surface area contributed by atoms with E-state index in [1.807, 2.05) is 25.1 Å². The standard InChI is InChI=1S/C17H21NO4/c1-12-4-5-13(18)8-17(12)22-7-6-21-16-10-14(19-2)9-15(11-16)20-3/h4-5,8-11H,6-7,18H2,1-3H3. The van der Waals surface area contributed by atoms with E-state index in [1.165, 1.54) is 0 Å². The molecule has 0 amide bonds. The third-order valence-electron chi connectivity index (χ3n) is 3.15. The van der Waals surface area contributed by atoms with Crippen molar-refractivity contribution in [3.05, 3.63) is 42.0 Å². The van der Waals surface area contributed by atoms with Gasteiger partial charge in [-0.05, 0) is 18.6 Å². The van der Waals surface area contributed by atoms with Gasteiger partial charge < -0.3 is 24.7 Å². The van der Waals surface area contributed by atoms with E-state index in [0.29, 0.717) is 36.1 Å². The van der Waals surface area contributed by atoms with Crippen molar-refractivity contribution in [3.8, 4) is 23.0 Å². The van der Waals surface area contributed by atoms with Gasteiger partial charge in [-0.25, -0.2) is 0 Å². The second-order valence-electron chi connectivity index (χ2n) is 4.77. The lowest BCUT2D eigenvalue weighted by atomic mass is 10.2. The number of methoxy groups -OCH3 is 2.